The Morgan fingerprint density at radius 2 is 1.61 bits per heavy atom. The lowest BCUT2D eigenvalue weighted by molar-refractivity contribution is -0.123. The maximum Gasteiger partial charge on any atom is 0.241 e. The highest BCUT2D eigenvalue weighted by atomic mass is 16.2. The van der Waals surface area contributed by atoms with E-state index in [2.05, 4.69) is 28.8 Å². The first kappa shape index (κ1) is 17.0. The van der Waals surface area contributed by atoms with Gasteiger partial charge in [-0.1, -0.05) is 72.8 Å². The SMILES string of the molecule is CC(C)NC(=O)C(NC/C=C/c1ccccc1)c1ccccc1. The van der Waals surface area contributed by atoms with Crippen molar-refractivity contribution >= 4 is 12.0 Å². The van der Waals surface area contributed by atoms with Crippen molar-refractivity contribution in [1.82, 2.24) is 10.6 Å². The number of rotatable bonds is 7. The van der Waals surface area contributed by atoms with Gasteiger partial charge in [0, 0.05) is 12.6 Å². The zero-order valence-electron chi connectivity index (χ0n) is 13.7. The molecule has 3 nitrogen and oxygen atoms in total. The molecule has 0 fully saturated rings. The molecule has 0 radical (unpaired) electrons. The minimum atomic E-state index is -0.348. The topological polar surface area (TPSA) is 41.1 Å². The van der Waals surface area contributed by atoms with Crippen molar-refractivity contribution < 1.29 is 4.79 Å². The number of nitrogens with one attached hydrogen (secondary N) is 2. The molecule has 1 atom stereocenters. The van der Waals surface area contributed by atoms with E-state index >= 15 is 0 Å². The van der Waals surface area contributed by atoms with E-state index in [9.17, 15) is 4.79 Å². The zero-order chi connectivity index (χ0) is 16.5. The Morgan fingerprint density at radius 3 is 2.22 bits per heavy atom. The Balaban J connectivity index is 2.00. The quantitative estimate of drug-likeness (QED) is 0.821. The fraction of sp³-hybridized carbons (Fsp3) is 0.250. The second-order valence-corrected chi connectivity index (χ2v) is 5.73. The number of benzene rings is 2. The Morgan fingerprint density at radius 1 is 1.00 bits per heavy atom. The van der Waals surface area contributed by atoms with E-state index in [-0.39, 0.29) is 18.0 Å². The molecule has 0 aromatic heterocycles. The van der Waals surface area contributed by atoms with Crippen LogP contribution in [0.2, 0.25) is 0 Å². The van der Waals surface area contributed by atoms with E-state index in [4.69, 9.17) is 0 Å². The van der Waals surface area contributed by atoms with E-state index in [1.54, 1.807) is 0 Å². The third-order valence-corrected chi connectivity index (χ3v) is 3.38. The standard InChI is InChI=1S/C20H24N2O/c1-16(2)22-20(23)19(18-13-7-4-8-14-18)21-15-9-12-17-10-5-3-6-11-17/h3-14,16,19,21H,15H2,1-2H3,(H,22,23)/b12-9+. The number of carbonyl (C=O) groups excluding carboxylic acids is 1. The molecule has 0 aliphatic heterocycles. The van der Waals surface area contributed by atoms with Gasteiger partial charge in [-0.3, -0.25) is 10.1 Å². The van der Waals surface area contributed by atoms with Gasteiger partial charge in [0.15, 0.2) is 0 Å². The highest BCUT2D eigenvalue weighted by molar-refractivity contribution is 5.83. The van der Waals surface area contributed by atoms with Crippen LogP contribution in [0.3, 0.4) is 0 Å². The van der Waals surface area contributed by atoms with Crippen molar-refractivity contribution in [3.8, 4) is 0 Å². The summed E-state index contributed by atoms with van der Waals surface area (Å²) in [4.78, 5) is 12.4. The molecule has 23 heavy (non-hydrogen) atoms. The van der Waals surface area contributed by atoms with Gasteiger partial charge in [-0.2, -0.15) is 0 Å². The van der Waals surface area contributed by atoms with Gasteiger partial charge < -0.3 is 5.32 Å². The lowest BCUT2D eigenvalue weighted by Gasteiger charge is -2.19. The molecule has 2 N–H and O–H groups in total. The average molecular weight is 308 g/mol. The van der Waals surface area contributed by atoms with Crippen LogP contribution in [0.4, 0.5) is 0 Å². The maximum atomic E-state index is 12.4. The molecule has 0 saturated carbocycles. The molecule has 0 aliphatic carbocycles. The Labute approximate surface area is 138 Å². The van der Waals surface area contributed by atoms with Gasteiger partial charge in [-0.15, -0.1) is 0 Å². The molecule has 3 heteroatoms. The van der Waals surface area contributed by atoms with Crippen LogP contribution in [0.1, 0.15) is 31.0 Å². The summed E-state index contributed by atoms with van der Waals surface area (Å²) in [6.07, 6.45) is 4.09. The van der Waals surface area contributed by atoms with Crippen LogP contribution in [0.25, 0.3) is 6.08 Å². The summed E-state index contributed by atoms with van der Waals surface area (Å²) >= 11 is 0. The first-order valence-electron chi connectivity index (χ1n) is 7.97. The highest BCUT2D eigenvalue weighted by Gasteiger charge is 2.19. The van der Waals surface area contributed by atoms with Crippen LogP contribution in [0.15, 0.2) is 66.7 Å². The molecule has 2 rings (SSSR count). The molecule has 2 aromatic rings. The number of amides is 1. The largest absolute Gasteiger partial charge is 0.352 e. The van der Waals surface area contributed by atoms with Crippen LogP contribution < -0.4 is 10.6 Å². The highest BCUT2D eigenvalue weighted by Crippen LogP contribution is 2.13. The first-order chi connectivity index (χ1) is 11.2. The van der Waals surface area contributed by atoms with Crippen molar-refractivity contribution in [2.45, 2.75) is 25.9 Å². The lowest BCUT2D eigenvalue weighted by atomic mass is 10.1. The van der Waals surface area contributed by atoms with Gasteiger partial charge in [-0.05, 0) is 25.0 Å². The molecule has 0 saturated heterocycles. The van der Waals surface area contributed by atoms with E-state index in [1.165, 1.54) is 0 Å². The zero-order valence-corrected chi connectivity index (χ0v) is 13.7. The molecule has 120 valence electrons. The van der Waals surface area contributed by atoms with Crippen molar-refractivity contribution in [2.24, 2.45) is 0 Å². The molecule has 1 unspecified atom stereocenters. The first-order valence-corrected chi connectivity index (χ1v) is 7.97. The van der Waals surface area contributed by atoms with Crippen molar-refractivity contribution in [2.75, 3.05) is 6.54 Å². The van der Waals surface area contributed by atoms with Gasteiger partial charge in [-0.25, -0.2) is 0 Å². The van der Waals surface area contributed by atoms with Gasteiger partial charge in [0.05, 0.1) is 0 Å². The summed E-state index contributed by atoms with van der Waals surface area (Å²) in [5.74, 6) is -0.000638. The molecule has 2 aromatic carbocycles. The fourth-order valence-corrected chi connectivity index (χ4v) is 2.32. The van der Waals surface area contributed by atoms with Crippen molar-refractivity contribution in [3.63, 3.8) is 0 Å². The van der Waals surface area contributed by atoms with Gasteiger partial charge in [0.1, 0.15) is 6.04 Å². The maximum absolute atomic E-state index is 12.4. The normalized spacial score (nSPS) is 12.5. The summed E-state index contributed by atoms with van der Waals surface area (Å²) in [6, 6.07) is 19.7. The third-order valence-electron chi connectivity index (χ3n) is 3.38. The summed E-state index contributed by atoms with van der Waals surface area (Å²) in [5.41, 5.74) is 2.12. The molecule has 0 spiro atoms. The Kier molecular flexibility index (Phi) is 6.57. The van der Waals surface area contributed by atoms with E-state index in [0.717, 1.165) is 11.1 Å². The van der Waals surface area contributed by atoms with E-state index in [1.807, 2.05) is 68.5 Å². The molecular formula is C20H24N2O. The second-order valence-electron chi connectivity index (χ2n) is 5.73. The van der Waals surface area contributed by atoms with Crippen LogP contribution in [0.5, 0.6) is 0 Å². The van der Waals surface area contributed by atoms with Crippen molar-refractivity contribution in [3.05, 3.63) is 77.9 Å². The van der Waals surface area contributed by atoms with Gasteiger partial charge >= 0.3 is 0 Å². The Hall–Kier alpha value is -2.39. The average Bonchev–Trinajstić information content (AvgIpc) is 2.56. The second kappa shape index (κ2) is 8.91. The van der Waals surface area contributed by atoms with Crippen LogP contribution in [0, 0.1) is 0 Å². The molecule has 0 heterocycles. The number of carbonyl (C=O) groups is 1. The molecule has 0 aliphatic rings. The van der Waals surface area contributed by atoms with E-state index < -0.39 is 0 Å². The fourth-order valence-electron chi connectivity index (χ4n) is 2.32. The van der Waals surface area contributed by atoms with Gasteiger partial charge in [0.2, 0.25) is 5.91 Å². The molecule has 0 bridgehead atoms. The van der Waals surface area contributed by atoms with Gasteiger partial charge in [0.25, 0.3) is 0 Å². The smallest absolute Gasteiger partial charge is 0.241 e. The number of hydrogen-bond donors (Lipinski definition) is 2. The molecule has 1 amide bonds. The lowest BCUT2D eigenvalue weighted by Crippen LogP contribution is -2.40. The predicted molar refractivity (Wildman–Crippen MR) is 95.9 cm³/mol. The minimum absolute atomic E-state index is 0.000638. The monoisotopic (exact) mass is 308 g/mol. The third kappa shape index (κ3) is 5.72. The number of hydrogen-bond acceptors (Lipinski definition) is 2. The van der Waals surface area contributed by atoms with Crippen LogP contribution >= 0.6 is 0 Å². The predicted octanol–water partition coefficient (Wildman–Crippen LogP) is 3.56. The minimum Gasteiger partial charge on any atom is -0.352 e. The Bertz CT molecular complexity index is 621. The van der Waals surface area contributed by atoms with Crippen LogP contribution in [-0.4, -0.2) is 18.5 Å². The van der Waals surface area contributed by atoms with Crippen LogP contribution in [-0.2, 0) is 4.79 Å². The summed E-state index contributed by atoms with van der Waals surface area (Å²) in [7, 11) is 0. The summed E-state index contributed by atoms with van der Waals surface area (Å²) in [5, 5.41) is 6.29. The molecular weight excluding hydrogens is 284 g/mol. The summed E-state index contributed by atoms with van der Waals surface area (Å²) in [6.45, 7) is 4.56. The van der Waals surface area contributed by atoms with Crippen molar-refractivity contribution in [1.29, 1.82) is 0 Å². The summed E-state index contributed by atoms with van der Waals surface area (Å²) < 4.78 is 0. The van der Waals surface area contributed by atoms with E-state index in [0.29, 0.717) is 6.54 Å².